The van der Waals surface area contributed by atoms with Crippen LogP contribution < -0.4 is 0 Å². The number of carbonyl (C=O) groups excluding carboxylic acids is 1. The molecule has 2 atom stereocenters. The molecule has 4 heteroatoms. The predicted octanol–water partition coefficient (Wildman–Crippen LogP) is 0.910. The molecule has 0 bridgehead atoms. The molecule has 4 nitrogen and oxygen atoms in total. The molecule has 1 saturated carbocycles. The van der Waals surface area contributed by atoms with E-state index in [4.69, 9.17) is 5.11 Å². The average molecular weight is 210 g/mol. The minimum absolute atomic E-state index is 0.251. The Balaban J connectivity index is 2.62. The molecule has 1 fully saturated rings. The summed E-state index contributed by atoms with van der Waals surface area (Å²) in [6.45, 7) is 5.64. The largest absolute Gasteiger partial charge is 0.481 e. The number of ether oxygens (including phenoxy) is 1. The fraction of sp³-hybridized carbons (Fsp3) is 0.636. The molecule has 0 saturated heterocycles. The van der Waals surface area contributed by atoms with E-state index < -0.39 is 17.9 Å². The van der Waals surface area contributed by atoms with Gasteiger partial charge < -0.3 is 9.84 Å². The van der Waals surface area contributed by atoms with Crippen LogP contribution in [-0.2, 0) is 14.3 Å². The topological polar surface area (TPSA) is 63.6 Å². The van der Waals surface area contributed by atoms with Gasteiger partial charge in [-0.3, -0.25) is 4.79 Å². The Bertz CT molecular complexity index is 345. The Morgan fingerprint density at radius 1 is 1.47 bits per heavy atom. The van der Waals surface area contributed by atoms with Crippen molar-refractivity contribution in [3.05, 3.63) is 0 Å². The first-order valence-electron chi connectivity index (χ1n) is 4.82. The molecule has 1 rings (SSSR count). The summed E-state index contributed by atoms with van der Waals surface area (Å²) in [4.78, 5) is 21.7. The Kier molecular flexibility index (Phi) is 3.04. The first kappa shape index (κ1) is 11.6. The highest BCUT2D eigenvalue weighted by Gasteiger charge is 2.61. The molecule has 82 valence electrons. The highest BCUT2D eigenvalue weighted by Crippen LogP contribution is 2.57. The fourth-order valence-electron chi connectivity index (χ4n) is 1.67. The summed E-state index contributed by atoms with van der Waals surface area (Å²) in [6.07, 6.45) is 0. The lowest BCUT2D eigenvalue weighted by Crippen LogP contribution is -2.03. The average Bonchev–Trinajstić information content (AvgIpc) is 2.65. The van der Waals surface area contributed by atoms with Gasteiger partial charge in [0.15, 0.2) is 0 Å². The maximum Gasteiger partial charge on any atom is 0.384 e. The van der Waals surface area contributed by atoms with Gasteiger partial charge in [-0.25, -0.2) is 4.79 Å². The van der Waals surface area contributed by atoms with Gasteiger partial charge in [-0.15, -0.1) is 0 Å². The van der Waals surface area contributed by atoms with Crippen molar-refractivity contribution in [3.8, 4) is 11.8 Å². The third kappa shape index (κ3) is 2.30. The molecule has 1 aliphatic carbocycles. The van der Waals surface area contributed by atoms with E-state index in [1.165, 1.54) is 0 Å². The lowest BCUT2D eigenvalue weighted by molar-refractivity contribution is -0.139. The number of hydrogen-bond acceptors (Lipinski definition) is 3. The summed E-state index contributed by atoms with van der Waals surface area (Å²) in [5, 5.41) is 8.84. The van der Waals surface area contributed by atoms with Crippen LogP contribution in [0.3, 0.4) is 0 Å². The van der Waals surface area contributed by atoms with Gasteiger partial charge in [0.1, 0.15) is 0 Å². The number of esters is 1. The van der Waals surface area contributed by atoms with Gasteiger partial charge in [-0.05, 0) is 12.3 Å². The van der Waals surface area contributed by atoms with Crippen LogP contribution in [0.25, 0.3) is 0 Å². The quantitative estimate of drug-likeness (QED) is 0.418. The highest BCUT2D eigenvalue weighted by molar-refractivity contribution is 5.89. The van der Waals surface area contributed by atoms with E-state index in [0.29, 0.717) is 0 Å². The molecule has 0 aromatic heterocycles. The Hall–Kier alpha value is -1.50. The second-order valence-corrected chi connectivity index (χ2v) is 4.10. The zero-order valence-corrected chi connectivity index (χ0v) is 9.03. The van der Waals surface area contributed by atoms with Gasteiger partial charge in [-0.1, -0.05) is 19.8 Å². The summed E-state index contributed by atoms with van der Waals surface area (Å²) >= 11 is 0. The number of carboxylic acid groups (broad SMARTS) is 1. The zero-order chi connectivity index (χ0) is 11.6. The second kappa shape index (κ2) is 3.93. The molecule has 0 amide bonds. The third-order valence-corrected chi connectivity index (χ3v) is 2.70. The number of carboxylic acids is 1. The number of hydrogen-bond donors (Lipinski definition) is 1. The van der Waals surface area contributed by atoms with Crippen molar-refractivity contribution in [1.82, 2.24) is 0 Å². The molecule has 0 aromatic carbocycles. The molecular formula is C11H14O4. The van der Waals surface area contributed by atoms with Crippen LogP contribution in [-0.4, -0.2) is 23.7 Å². The molecule has 0 spiro atoms. The molecule has 0 radical (unpaired) electrons. The van der Waals surface area contributed by atoms with Crippen LogP contribution in [0.2, 0.25) is 0 Å². The molecule has 1 aliphatic rings. The van der Waals surface area contributed by atoms with Gasteiger partial charge in [0.25, 0.3) is 0 Å². The van der Waals surface area contributed by atoms with Crippen LogP contribution >= 0.6 is 0 Å². The van der Waals surface area contributed by atoms with E-state index >= 15 is 0 Å². The van der Waals surface area contributed by atoms with Crippen molar-refractivity contribution < 1.29 is 19.4 Å². The number of carbonyl (C=O) groups is 2. The summed E-state index contributed by atoms with van der Waals surface area (Å²) in [5.41, 5.74) is -0.342. The number of aliphatic carboxylic acids is 1. The number of rotatable bonds is 2. The molecule has 0 aromatic rings. The van der Waals surface area contributed by atoms with E-state index in [1.807, 2.05) is 13.8 Å². The van der Waals surface area contributed by atoms with E-state index in [-0.39, 0.29) is 17.9 Å². The Morgan fingerprint density at radius 3 is 2.47 bits per heavy atom. The standard InChI is InChI=1S/C11H14O4/c1-4-15-8(12)6-5-7-9(10(13)14)11(7,2)3/h7,9H,4H2,1-3H3,(H,13,14). The second-order valence-electron chi connectivity index (χ2n) is 4.10. The van der Waals surface area contributed by atoms with Crippen molar-refractivity contribution in [3.63, 3.8) is 0 Å². The third-order valence-electron chi connectivity index (χ3n) is 2.70. The van der Waals surface area contributed by atoms with Crippen LogP contribution in [0.4, 0.5) is 0 Å². The Labute approximate surface area is 88.6 Å². The lowest BCUT2D eigenvalue weighted by Gasteiger charge is -1.95. The smallest absolute Gasteiger partial charge is 0.384 e. The highest BCUT2D eigenvalue weighted by atomic mass is 16.5. The molecular weight excluding hydrogens is 196 g/mol. The summed E-state index contributed by atoms with van der Waals surface area (Å²) in [5.74, 6) is 2.79. The maximum atomic E-state index is 10.9. The van der Waals surface area contributed by atoms with E-state index in [0.717, 1.165) is 0 Å². The summed E-state index contributed by atoms with van der Waals surface area (Å²) in [7, 11) is 0. The van der Waals surface area contributed by atoms with Crippen molar-refractivity contribution in [2.75, 3.05) is 6.61 Å². The van der Waals surface area contributed by atoms with E-state index in [9.17, 15) is 9.59 Å². The van der Waals surface area contributed by atoms with E-state index in [1.54, 1.807) is 6.92 Å². The lowest BCUT2D eigenvalue weighted by atomic mass is 10.1. The molecule has 2 unspecified atom stereocenters. The summed E-state index contributed by atoms with van der Waals surface area (Å²) < 4.78 is 4.62. The Morgan fingerprint density at radius 2 is 2.07 bits per heavy atom. The van der Waals surface area contributed by atoms with Gasteiger partial charge >= 0.3 is 11.9 Å². The van der Waals surface area contributed by atoms with Crippen molar-refractivity contribution in [2.45, 2.75) is 20.8 Å². The van der Waals surface area contributed by atoms with Gasteiger partial charge in [-0.2, -0.15) is 0 Å². The van der Waals surface area contributed by atoms with Crippen molar-refractivity contribution in [1.29, 1.82) is 0 Å². The normalized spacial score (nSPS) is 26.1. The minimum atomic E-state index is -0.858. The van der Waals surface area contributed by atoms with Crippen molar-refractivity contribution >= 4 is 11.9 Å². The molecule has 0 heterocycles. The van der Waals surface area contributed by atoms with Crippen LogP contribution in [0, 0.1) is 29.1 Å². The molecule has 15 heavy (non-hydrogen) atoms. The van der Waals surface area contributed by atoms with Crippen LogP contribution in [0.5, 0.6) is 0 Å². The monoisotopic (exact) mass is 210 g/mol. The first-order chi connectivity index (χ1) is 6.91. The van der Waals surface area contributed by atoms with Gasteiger partial charge in [0.05, 0.1) is 12.5 Å². The van der Waals surface area contributed by atoms with Crippen LogP contribution in [0.1, 0.15) is 20.8 Å². The summed E-state index contributed by atoms with van der Waals surface area (Å²) in [6, 6.07) is 0. The molecule has 1 N–H and O–H groups in total. The zero-order valence-electron chi connectivity index (χ0n) is 9.03. The SMILES string of the molecule is CCOC(=O)C#CC1C(C(=O)O)C1(C)C. The van der Waals surface area contributed by atoms with Crippen LogP contribution in [0.15, 0.2) is 0 Å². The first-order valence-corrected chi connectivity index (χ1v) is 4.82. The van der Waals surface area contributed by atoms with E-state index in [2.05, 4.69) is 16.6 Å². The molecule has 0 aliphatic heterocycles. The van der Waals surface area contributed by atoms with Crippen molar-refractivity contribution in [2.24, 2.45) is 17.3 Å². The van der Waals surface area contributed by atoms with Gasteiger partial charge in [0.2, 0.25) is 0 Å². The fourth-order valence-corrected chi connectivity index (χ4v) is 1.67. The maximum absolute atomic E-state index is 10.9. The minimum Gasteiger partial charge on any atom is -0.481 e. The predicted molar refractivity (Wildman–Crippen MR) is 52.8 cm³/mol. The van der Waals surface area contributed by atoms with Gasteiger partial charge in [0, 0.05) is 11.8 Å².